The molecule has 0 unspecified atom stereocenters. The number of aliphatic hydroxyl groups excluding tert-OH is 1. The van der Waals surface area contributed by atoms with Gasteiger partial charge < -0.3 is 19.9 Å². The van der Waals surface area contributed by atoms with E-state index < -0.39 is 0 Å². The summed E-state index contributed by atoms with van der Waals surface area (Å²) in [6.45, 7) is -0.0588. The van der Waals surface area contributed by atoms with Crippen molar-refractivity contribution in [3.63, 3.8) is 0 Å². The van der Waals surface area contributed by atoms with Gasteiger partial charge in [0.15, 0.2) is 22.5 Å². The van der Waals surface area contributed by atoms with E-state index in [2.05, 4.69) is 15.5 Å². The lowest BCUT2D eigenvalue weighted by Gasteiger charge is -2.09. The van der Waals surface area contributed by atoms with Crippen LogP contribution < -0.4 is 14.8 Å². The van der Waals surface area contributed by atoms with Crippen LogP contribution in [-0.4, -0.2) is 38.3 Å². The number of ether oxygens (including phenoxy) is 2. The first kappa shape index (κ1) is 17.4. The number of anilines is 1. The standard InChI is InChI=1S/C18H16N4O4S/c23-9-16-20-21-18(22(16)13-4-2-1-3-5-13)27-10-17(24)19-12-6-7-14-15(8-12)26-11-25-14/h1-8,23H,9-11H2,(H,19,24). The van der Waals surface area contributed by atoms with E-state index in [0.29, 0.717) is 28.2 Å². The maximum atomic E-state index is 12.3. The predicted molar refractivity (Wildman–Crippen MR) is 99.2 cm³/mol. The maximum absolute atomic E-state index is 12.3. The molecule has 0 fully saturated rings. The van der Waals surface area contributed by atoms with Crippen molar-refractivity contribution >= 4 is 23.4 Å². The van der Waals surface area contributed by atoms with Gasteiger partial charge in [-0.15, -0.1) is 10.2 Å². The Morgan fingerprint density at radius 3 is 2.78 bits per heavy atom. The van der Waals surface area contributed by atoms with Gasteiger partial charge in [-0.05, 0) is 24.3 Å². The van der Waals surface area contributed by atoms with Crippen molar-refractivity contribution in [1.82, 2.24) is 14.8 Å². The Morgan fingerprint density at radius 2 is 1.96 bits per heavy atom. The van der Waals surface area contributed by atoms with E-state index in [1.807, 2.05) is 30.3 Å². The van der Waals surface area contributed by atoms with E-state index in [4.69, 9.17) is 9.47 Å². The van der Waals surface area contributed by atoms with Crippen molar-refractivity contribution in [1.29, 1.82) is 0 Å². The molecule has 8 nitrogen and oxygen atoms in total. The molecule has 138 valence electrons. The summed E-state index contributed by atoms with van der Waals surface area (Å²) < 4.78 is 12.3. The molecule has 2 heterocycles. The smallest absolute Gasteiger partial charge is 0.234 e. The normalized spacial score (nSPS) is 12.2. The molecule has 1 aliphatic heterocycles. The van der Waals surface area contributed by atoms with Gasteiger partial charge in [0, 0.05) is 17.4 Å². The summed E-state index contributed by atoms with van der Waals surface area (Å²) in [6.07, 6.45) is 0. The summed E-state index contributed by atoms with van der Waals surface area (Å²) in [6, 6.07) is 14.7. The van der Waals surface area contributed by atoms with Crippen LogP contribution in [0.25, 0.3) is 5.69 Å². The number of rotatable bonds is 6. The number of fused-ring (bicyclic) bond motifs is 1. The van der Waals surface area contributed by atoms with E-state index in [1.54, 1.807) is 22.8 Å². The molecule has 0 aliphatic carbocycles. The Bertz CT molecular complexity index is 961. The molecule has 1 aromatic heterocycles. The third-order valence-electron chi connectivity index (χ3n) is 3.84. The number of para-hydroxylation sites is 1. The number of amides is 1. The lowest BCUT2D eigenvalue weighted by atomic mass is 10.3. The molecule has 0 spiro atoms. The van der Waals surface area contributed by atoms with Crippen molar-refractivity contribution in [2.45, 2.75) is 11.8 Å². The fraction of sp³-hybridized carbons (Fsp3) is 0.167. The van der Waals surface area contributed by atoms with Crippen LogP contribution in [0.2, 0.25) is 0 Å². The van der Waals surface area contributed by atoms with Gasteiger partial charge in [-0.25, -0.2) is 0 Å². The number of aliphatic hydroxyl groups is 1. The highest BCUT2D eigenvalue weighted by molar-refractivity contribution is 7.99. The molecular formula is C18H16N4O4S. The van der Waals surface area contributed by atoms with Crippen LogP contribution in [0.5, 0.6) is 11.5 Å². The first-order valence-corrected chi connectivity index (χ1v) is 9.16. The first-order chi connectivity index (χ1) is 13.2. The second-order valence-electron chi connectivity index (χ2n) is 5.63. The van der Waals surface area contributed by atoms with Crippen molar-refractivity contribution in [2.24, 2.45) is 0 Å². The second-order valence-corrected chi connectivity index (χ2v) is 6.58. The zero-order valence-corrected chi connectivity index (χ0v) is 15.0. The fourth-order valence-electron chi connectivity index (χ4n) is 2.63. The number of carbonyl (C=O) groups is 1. The van der Waals surface area contributed by atoms with Crippen LogP contribution in [0.4, 0.5) is 5.69 Å². The molecule has 0 radical (unpaired) electrons. The van der Waals surface area contributed by atoms with Gasteiger partial charge in [0.1, 0.15) is 6.61 Å². The summed E-state index contributed by atoms with van der Waals surface area (Å²) >= 11 is 1.24. The van der Waals surface area contributed by atoms with Crippen LogP contribution in [0.1, 0.15) is 5.82 Å². The molecule has 0 atom stereocenters. The summed E-state index contributed by atoms with van der Waals surface area (Å²) in [7, 11) is 0. The van der Waals surface area contributed by atoms with Gasteiger partial charge in [0.25, 0.3) is 0 Å². The molecule has 1 aliphatic rings. The predicted octanol–water partition coefficient (Wildman–Crippen LogP) is 2.22. The number of benzene rings is 2. The molecule has 0 saturated heterocycles. The number of hydrogen-bond donors (Lipinski definition) is 2. The lowest BCUT2D eigenvalue weighted by molar-refractivity contribution is -0.113. The average Bonchev–Trinajstić information content (AvgIpc) is 3.33. The maximum Gasteiger partial charge on any atom is 0.234 e. The highest BCUT2D eigenvalue weighted by Crippen LogP contribution is 2.34. The number of nitrogens with zero attached hydrogens (tertiary/aromatic N) is 3. The monoisotopic (exact) mass is 384 g/mol. The Morgan fingerprint density at radius 1 is 1.15 bits per heavy atom. The molecule has 2 aromatic carbocycles. The number of aromatic nitrogens is 3. The molecule has 0 saturated carbocycles. The minimum atomic E-state index is -0.244. The molecule has 1 amide bonds. The van der Waals surface area contributed by atoms with Crippen molar-refractivity contribution in [2.75, 3.05) is 17.9 Å². The van der Waals surface area contributed by atoms with Gasteiger partial charge >= 0.3 is 0 Å². The zero-order valence-electron chi connectivity index (χ0n) is 14.2. The van der Waals surface area contributed by atoms with Gasteiger partial charge in [-0.1, -0.05) is 30.0 Å². The SMILES string of the molecule is O=C(CSc1nnc(CO)n1-c1ccccc1)Nc1ccc2c(c1)OCO2. The highest BCUT2D eigenvalue weighted by Gasteiger charge is 2.17. The van der Waals surface area contributed by atoms with E-state index in [-0.39, 0.29) is 25.1 Å². The quantitative estimate of drug-likeness (QED) is 0.629. The molecule has 4 rings (SSSR count). The summed E-state index contributed by atoms with van der Waals surface area (Å²) in [5.74, 6) is 1.64. The largest absolute Gasteiger partial charge is 0.454 e. The first-order valence-electron chi connectivity index (χ1n) is 8.17. The Kier molecular flexibility index (Phi) is 4.95. The number of carbonyl (C=O) groups excluding carboxylic acids is 1. The van der Waals surface area contributed by atoms with Crippen molar-refractivity contribution in [3.8, 4) is 17.2 Å². The number of nitrogens with one attached hydrogen (secondary N) is 1. The van der Waals surface area contributed by atoms with Crippen molar-refractivity contribution < 1.29 is 19.4 Å². The van der Waals surface area contributed by atoms with Gasteiger partial charge in [0.05, 0.1) is 5.75 Å². The minimum absolute atomic E-state index is 0.144. The zero-order chi connectivity index (χ0) is 18.6. The van der Waals surface area contributed by atoms with Crippen LogP contribution in [0.15, 0.2) is 53.7 Å². The molecule has 0 bridgehead atoms. The van der Waals surface area contributed by atoms with E-state index in [9.17, 15) is 9.90 Å². The van der Waals surface area contributed by atoms with Gasteiger partial charge in [-0.2, -0.15) is 0 Å². The fourth-order valence-corrected chi connectivity index (χ4v) is 3.40. The molecular weight excluding hydrogens is 368 g/mol. The van der Waals surface area contributed by atoms with E-state index in [0.717, 1.165) is 5.69 Å². The molecule has 27 heavy (non-hydrogen) atoms. The average molecular weight is 384 g/mol. The van der Waals surface area contributed by atoms with Gasteiger partial charge in [-0.3, -0.25) is 9.36 Å². The van der Waals surface area contributed by atoms with Gasteiger partial charge in [0.2, 0.25) is 12.7 Å². The third-order valence-corrected chi connectivity index (χ3v) is 4.77. The second kappa shape index (κ2) is 7.68. The van der Waals surface area contributed by atoms with Crippen LogP contribution >= 0.6 is 11.8 Å². The topological polar surface area (TPSA) is 98.5 Å². The molecule has 9 heteroatoms. The Hall–Kier alpha value is -3.04. The summed E-state index contributed by atoms with van der Waals surface area (Å²) in [5, 5.41) is 20.9. The van der Waals surface area contributed by atoms with E-state index in [1.165, 1.54) is 11.8 Å². The van der Waals surface area contributed by atoms with Crippen LogP contribution in [0.3, 0.4) is 0 Å². The van der Waals surface area contributed by atoms with Crippen LogP contribution in [0, 0.1) is 0 Å². The third kappa shape index (κ3) is 3.74. The minimum Gasteiger partial charge on any atom is -0.454 e. The summed E-state index contributed by atoms with van der Waals surface area (Å²) in [4.78, 5) is 12.3. The van der Waals surface area contributed by atoms with Crippen molar-refractivity contribution in [3.05, 3.63) is 54.4 Å². The number of hydrogen-bond acceptors (Lipinski definition) is 7. The molecule has 2 N–H and O–H groups in total. The Balaban J connectivity index is 1.44. The number of thioether (sulfide) groups is 1. The van der Waals surface area contributed by atoms with Crippen LogP contribution in [-0.2, 0) is 11.4 Å². The van der Waals surface area contributed by atoms with E-state index >= 15 is 0 Å². The Labute approximate surface area is 159 Å². The summed E-state index contributed by atoms with van der Waals surface area (Å²) in [5.41, 5.74) is 1.45. The molecule has 3 aromatic rings. The lowest BCUT2D eigenvalue weighted by Crippen LogP contribution is -2.14. The highest BCUT2D eigenvalue weighted by atomic mass is 32.2.